The normalized spacial score (nSPS) is 16.7. The molecule has 0 spiro atoms. The van der Waals surface area contributed by atoms with E-state index in [1.54, 1.807) is 38.1 Å². The van der Waals surface area contributed by atoms with Crippen molar-refractivity contribution in [3.05, 3.63) is 29.3 Å². The lowest BCUT2D eigenvalue weighted by Crippen LogP contribution is -2.40. The highest BCUT2D eigenvalue weighted by Crippen LogP contribution is 2.17. The van der Waals surface area contributed by atoms with Gasteiger partial charge in [0, 0.05) is 23.7 Å². The molecule has 9 heteroatoms. The first-order chi connectivity index (χ1) is 12.6. The van der Waals surface area contributed by atoms with Gasteiger partial charge < -0.3 is 15.4 Å². The zero-order valence-corrected chi connectivity index (χ0v) is 16.1. The third-order valence-electron chi connectivity index (χ3n) is 4.00. The number of rotatable bonds is 7. The average molecular weight is 396 g/mol. The number of nitrogens with one attached hydrogen (secondary N) is 2. The molecule has 1 aromatic carbocycles. The lowest BCUT2D eigenvalue weighted by Gasteiger charge is -2.16. The number of nitrogens with zero attached hydrogens (tertiary/aromatic N) is 1. The number of anilines is 1. The van der Waals surface area contributed by atoms with Gasteiger partial charge in [-0.3, -0.25) is 19.3 Å². The van der Waals surface area contributed by atoms with Crippen LogP contribution in [0.5, 0.6) is 0 Å². The van der Waals surface area contributed by atoms with Crippen LogP contribution in [0.2, 0.25) is 5.02 Å². The van der Waals surface area contributed by atoms with Crippen molar-refractivity contribution in [2.45, 2.75) is 45.3 Å². The Bertz CT molecular complexity index is 748. The minimum Gasteiger partial charge on any atom is -0.453 e. The van der Waals surface area contributed by atoms with E-state index in [2.05, 4.69) is 10.6 Å². The number of hydrogen-bond acceptors (Lipinski definition) is 5. The molecule has 1 aliphatic heterocycles. The van der Waals surface area contributed by atoms with Crippen LogP contribution in [0.4, 0.5) is 10.5 Å². The topological polar surface area (TPSA) is 105 Å². The van der Waals surface area contributed by atoms with Gasteiger partial charge in [-0.05, 0) is 51.5 Å². The number of ether oxygens (including phenoxy) is 1. The SMILES string of the molecule is C[C@@H](OC(=O)CCCN1C(=O)NC(C)(C)C1=O)C(=O)Nc1ccc(Cl)cc1. The zero-order valence-electron chi connectivity index (χ0n) is 15.4. The minimum absolute atomic E-state index is 0.0178. The number of imide groups is 1. The van der Waals surface area contributed by atoms with Crippen LogP contribution in [0, 0.1) is 0 Å². The molecule has 0 aliphatic carbocycles. The summed E-state index contributed by atoms with van der Waals surface area (Å²) in [5, 5.41) is 5.72. The lowest BCUT2D eigenvalue weighted by atomic mass is 10.1. The number of esters is 1. The van der Waals surface area contributed by atoms with Gasteiger partial charge in [-0.15, -0.1) is 0 Å². The summed E-state index contributed by atoms with van der Waals surface area (Å²) < 4.78 is 5.09. The van der Waals surface area contributed by atoms with E-state index in [1.807, 2.05) is 0 Å². The maximum absolute atomic E-state index is 12.0. The first-order valence-corrected chi connectivity index (χ1v) is 8.88. The number of carbonyl (C=O) groups is 4. The van der Waals surface area contributed by atoms with Crippen molar-refractivity contribution in [1.82, 2.24) is 10.2 Å². The average Bonchev–Trinajstić information content (AvgIpc) is 2.78. The van der Waals surface area contributed by atoms with Gasteiger partial charge in [0.05, 0.1) is 0 Å². The standard InChI is InChI=1S/C18H22ClN3O5/c1-11(15(24)20-13-8-6-12(19)7-9-13)27-14(23)5-4-10-22-16(25)18(2,3)21-17(22)26/h6-9,11H,4-5,10H2,1-3H3,(H,20,24)(H,21,26)/t11-/m1/s1. The molecule has 1 fully saturated rings. The summed E-state index contributed by atoms with van der Waals surface area (Å²) in [5.74, 6) is -1.39. The van der Waals surface area contributed by atoms with Crippen molar-refractivity contribution in [2.75, 3.05) is 11.9 Å². The molecule has 1 heterocycles. The molecule has 2 N–H and O–H groups in total. The molecule has 0 bridgehead atoms. The second-order valence-corrected chi connectivity index (χ2v) is 7.18. The Balaban J connectivity index is 1.75. The summed E-state index contributed by atoms with van der Waals surface area (Å²) in [6, 6.07) is 6.05. The predicted molar refractivity (Wildman–Crippen MR) is 99.2 cm³/mol. The zero-order chi connectivity index (χ0) is 20.2. The number of amides is 4. The Morgan fingerprint density at radius 3 is 2.44 bits per heavy atom. The van der Waals surface area contributed by atoms with Gasteiger partial charge in [0.1, 0.15) is 5.54 Å². The summed E-state index contributed by atoms with van der Waals surface area (Å²) in [7, 11) is 0. The van der Waals surface area contributed by atoms with Crippen LogP contribution in [0.3, 0.4) is 0 Å². The highest BCUT2D eigenvalue weighted by Gasteiger charge is 2.43. The smallest absolute Gasteiger partial charge is 0.325 e. The van der Waals surface area contributed by atoms with Gasteiger partial charge in [-0.2, -0.15) is 0 Å². The molecule has 1 aliphatic rings. The summed E-state index contributed by atoms with van der Waals surface area (Å²) in [6.45, 7) is 4.79. The number of halogens is 1. The van der Waals surface area contributed by atoms with Crippen LogP contribution in [-0.4, -0.2) is 46.9 Å². The molecular weight excluding hydrogens is 374 g/mol. The van der Waals surface area contributed by atoms with Crippen LogP contribution in [0.25, 0.3) is 0 Å². The van der Waals surface area contributed by atoms with Gasteiger partial charge in [-0.25, -0.2) is 4.79 Å². The summed E-state index contributed by atoms with van der Waals surface area (Å²) in [6.07, 6.45) is -0.751. The highest BCUT2D eigenvalue weighted by atomic mass is 35.5. The molecule has 4 amide bonds. The predicted octanol–water partition coefficient (Wildman–Crippen LogP) is 2.32. The maximum atomic E-state index is 12.0. The first kappa shape index (κ1) is 20.7. The van der Waals surface area contributed by atoms with Crippen molar-refractivity contribution >= 4 is 41.1 Å². The van der Waals surface area contributed by atoms with Gasteiger partial charge in [0.25, 0.3) is 11.8 Å². The molecule has 2 rings (SSSR count). The summed E-state index contributed by atoms with van der Waals surface area (Å²) >= 11 is 5.78. The molecule has 0 unspecified atom stereocenters. The third-order valence-corrected chi connectivity index (χ3v) is 4.25. The second-order valence-electron chi connectivity index (χ2n) is 6.74. The van der Waals surface area contributed by atoms with Crippen LogP contribution < -0.4 is 10.6 Å². The fourth-order valence-corrected chi connectivity index (χ4v) is 2.62. The largest absolute Gasteiger partial charge is 0.453 e. The van der Waals surface area contributed by atoms with Gasteiger partial charge in [0.15, 0.2) is 6.10 Å². The molecule has 1 aromatic rings. The molecule has 146 valence electrons. The number of benzene rings is 1. The van der Waals surface area contributed by atoms with E-state index >= 15 is 0 Å². The Morgan fingerprint density at radius 2 is 1.89 bits per heavy atom. The number of urea groups is 1. The third kappa shape index (κ3) is 5.43. The Labute approximate surface area is 162 Å². The fraction of sp³-hybridized carbons (Fsp3) is 0.444. The highest BCUT2D eigenvalue weighted by molar-refractivity contribution is 6.30. The first-order valence-electron chi connectivity index (χ1n) is 8.50. The molecule has 0 radical (unpaired) electrons. The van der Waals surface area contributed by atoms with Crippen molar-refractivity contribution in [1.29, 1.82) is 0 Å². The lowest BCUT2D eigenvalue weighted by molar-refractivity contribution is -0.153. The molecule has 0 aromatic heterocycles. The van der Waals surface area contributed by atoms with Gasteiger partial charge >= 0.3 is 12.0 Å². The number of hydrogen-bond donors (Lipinski definition) is 2. The maximum Gasteiger partial charge on any atom is 0.325 e. The molecule has 0 saturated carbocycles. The van der Waals surface area contributed by atoms with E-state index < -0.39 is 29.6 Å². The Hall–Kier alpha value is -2.61. The molecule has 1 saturated heterocycles. The number of carbonyl (C=O) groups excluding carboxylic acids is 4. The molecular formula is C18H22ClN3O5. The quantitative estimate of drug-likeness (QED) is 0.544. The van der Waals surface area contributed by atoms with E-state index in [4.69, 9.17) is 16.3 Å². The van der Waals surface area contributed by atoms with E-state index in [1.165, 1.54) is 6.92 Å². The monoisotopic (exact) mass is 395 g/mol. The van der Waals surface area contributed by atoms with Gasteiger partial charge in [-0.1, -0.05) is 11.6 Å². The van der Waals surface area contributed by atoms with Gasteiger partial charge in [0.2, 0.25) is 0 Å². The summed E-state index contributed by atoms with van der Waals surface area (Å²) in [5.41, 5.74) is -0.403. The summed E-state index contributed by atoms with van der Waals surface area (Å²) in [4.78, 5) is 48.8. The molecule has 8 nitrogen and oxygen atoms in total. The van der Waals surface area contributed by atoms with Crippen LogP contribution in [0.15, 0.2) is 24.3 Å². The Kier molecular flexibility index (Phi) is 6.43. The van der Waals surface area contributed by atoms with Crippen molar-refractivity contribution in [3.63, 3.8) is 0 Å². The minimum atomic E-state index is -0.983. The van der Waals surface area contributed by atoms with E-state index in [0.29, 0.717) is 10.7 Å². The molecule has 1 atom stereocenters. The van der Waals surface area contributed by atoms with Crippen LogP contribution >= 0.6 is 11.6 Å². The van der Waals surface area contributed by atoms with Crippen molar-refractivity contribution < 1.29 is 23.9 Å². The van der Waals surface area contributed by atoms with E-state index in [9.17, 15) is 19.2 Å². The van der Waals surface area contributed by atoms with Crippen LogP contribution in [0.1, 0.15) is 33.6 Å². The fourth-order valence-electron chi connectivity index (χ4n) is 2.49. The van der Waals surface area contributed by atoms with Crippen molar-refractivity contribution in [3.8, 4) is 0 Å². The molecule has 27 heavy (non-hydrogen) atoms. The van der Waals surface area contributed by atoms with Crippen molar-refractivity contribution in [2.24, 2.45) is 0 Å². The van der Waals surface area contributed by atoms with E-state index in [0.717, 1.165) is 4.90 Å². The van der Waals surface area contributed by atoms with Crippen LogP contribution in [-0.2, 0) is 19.1 Å². The second kappa shape index (κ2) is 8.39. The Morgan fingerprint density at radius 1 is 1.26 bits per heavy atom. The van der Waals surface area contributed by atoms with E-state index in [-0.39, 0.29) is 25.3 Å².